The quantitative estimate of drug-likeness (QED) is 0.681. The Morgan fingerprint density at radius 1 is 1.00 bits per heavy atom. The summed E-state index contributed by atoms with van der Waals surface area (Å²) in [6, 6.07) is 21.2. The van der Waals surface area contributed by atoms with E-state index in [4.69, 9.17) is 4.74 Å². The average Bonchev–Trinajstić information content (AvgIpc) is 2.68. The lowest BCUT2D eigenvalue weighted by molar-refractivity contribution is -0.115. The van der Waals surface area contributed by atoms with Gasteiger partial charge in [-0.05, 0) is 23.8 Å². The van der Waals surface area contributed by atoms with Gasteiger partial charge in [-0.1, -0.05) is 48.5 Å². The van der Waals surface area contributed by atoms with Gasteiger partial charge in [-0.15, -0.1) is 0 Å². The number of carbonyl (C=O) groups is 1. The van der Waals surface area contributed by atoms with E-state index in [1.807, 2.05) is 66.7 Å². The second-order valence-electron chi connectivity index (χ2n) is 5.81. The van der Waals surface area contributed by atoms with Crippen LogP contribution in [-0.2, 0) is 17.8 Å². The minimum Gasteiger partial charge on any atom is -0.496 e. The van der Waals surface area contributed by atoms with Gasteiger partial charge in [0, 0.05) is 12.1 Å². The molecule has 2 aromatic carbocycles. The van der Waals surface area contributed by atoms with Crippen molar-refractivity contribution >= 4 is 17.4 Å². The zero-order valence-corrected chi connectivity index (χ0v) is 14.6. The third-order valence-electron chi connectivity index (χ3n) is 3.91. The Morgan fingerprint density at radius 3 is 2.50 bits per heavy atom. The van der Waals surface area contributed by atoms with Crippen LogP contribution in [0.1, 0.15) is 11.1 Å². The number of nitrogens with zero attached hydrogens (tertiary/aromatic N) is 1. The lowest BCUT2D eigenvalue weighted by atomic mass is 10.1. The summed E-state index contributed by atoms with van der Waals surface area (Å²) in [5, 5.41) is 6.11. The van der Waals surface area contributed by atoms with Crippen molar-refractivity contribution < 1.29 is 9.53 Å². The van der Waals surface area contributed by atoms with Crippen LogP contribution in [0.2, 0.25) is 0 Å². The van der Waals surface area contributed by atoms with E-state index in [2.05, 4.69) is 15.6 Å². The number of nitrogens with one attached hydrogen (secondary N) is 2. The van der Waals surface area contributed by atoms with Crippen LogP contribution >= 0.6 is 0 Å². The fraction of sp³-hybridized carbons (Fsp3) is 0.143. The number of hydrogen-bond acceptors (Lipinski definition) is 4. The molecule has 1 aromatic heterocycles. The standard InChI is InChI=1S/C21H21N3O2/c1-26-19-10-6-5-9-17(19)14-22-20-12-11-18(15-23-20)24-21(25)13-16-7-3-2-4-8-16/h2-12,15H,13-14H2,1H3,(H,22,23)(H,24,25). The second-order valence-corrected chi connectivity index (χ2v) is 5.81. The van der Waals surface area contributed by atoms with Crippen molar-refractivity contribution in [3.63, 3.8) is 0 Å². The molecule has 132 valence electrons. The van der Waals surface area contributed by atoms with E-state index in [0.717, 1.165) is 22.7 Å². The van der Waals surface area contributed by atoms with Crippen molar-refractivity contribution in [1.29, 1.82) is 0 Å². The molecule has 5 nitrogen and oxygen atoms in total. The molecule has 0 radical (unpaired) electrons. The number of amides is 1. The summed E-state index contributed by atoms with van der Waals surface area (Å²) < 4.78 is 5.34. The molecule has 0 aliphatic carbocycles. The maximum atomic E-state index is 12.1. The molecule has 0 saturated heterocycles. The van der Waals surface area contributed by atoms with Gasteiger partial charge in [0.15, 0.2) is 0 Å². The molecule has 3 aromatic rings. The lowest BCUT2D eigenvalue weighted by Crippen LogP contribution is -2.14. The summed E-state index contributed by atoms with van der Waals surface area (Å²) in [4.78, 5) is 16.4. The number of ether oxygens (including phenoxy) is 1. The molecule has 2 N–H and O–H groups in total. The number of rotatable bonds is 7. The summed E-state index contributed by atoms with van der Waals surface area (Å²) in [7, 11) is 1.66. The number of benzene rings is 2. The highest BCUT2D eigenvalue weighted by Crippen LogP contribution is 2.19. The lowest BCUT2D eigenvalue weighted by Gasteiger charge is -2.10. The maximum absolute atomic E-state index is 12.1. The highest BCUT2D eigenvalue weighted by Gasteiger charge is 2.05. The number of carbonyl (C=O) groups excluding carboxylic acids is 1. The molecule has 1 heterocycles. The van der Waals surface area contributed by atoms with Crippen LogP contribution in [0.4, 0.5) is 11.5 Å². The van der Waals surface area contributed by atoms with Gasteiger partial charge in [-0.2, -0.15) is 0 Å². The van der Waals surface area contributed by atoms with Gasteiger partial charge < -0.3 is 15.4 Å². The van der Waals surface area contributed by atoms with Gasteiger partial charge in [0.05, 0.1) is 25.4 Å². The molecule has 0 aliphatic heterocycles. The molecule has 0 saturated carbocycles. The third kappa shape index (κ3) is 4.83. The monoisotopic (exact) mass is 347 g/mol. The topological polar surface area (TPSA) is 63.2 Å². The molecule has 26 heavy (non-hydrogen) atoms. The average molecular weight is 347 g/mol. The molecular formula is C21H21N3O2. The Hall–Kier alpha value is -3.34. The maximum Gasteiger partial charge on any atom is 0.228 e. The molecule has 3 rings (SSSR count). The van der Waals surface area contributed by atoms with E-state index in [-0.39, 0.29) is 5.91 Å². The summed E-state index contributed by atoms with van der Waals surface area (Å²) in [6.45, 7) is 0.608. The van der Waals surface area contributed by atoms with E-state index in [1.54, 1.807) is 13.3 Å². The predicted molar refractivity (Wildman–Crippen MR) is 103 cm³/mol. The Labute approximate surface area is 153 Å². The van der Waals surface area contributed by atoms with Crippen LogP contribution < -0.4 is 15.4 Å². The highest BCUT2D eigenvalue weighted by molar-refractivity contribution is 5.92. The summed E-state index contributed by atoms with van der Waals surface area (Å²) >= 11 is 0. The van der Waals surface area contributed by atoms with E-state index in [0.29, 0.717) is 18.7 Å². The Balaban J connectivity index is 1.54. The van der Waals surface area contributed by atoms with Crippen LogP contribution in [0.15, 0.2) is 72.9 Å². The molecule has 0 spiro atoms. The van der Waals surface area contributed by atoms with Crippen molar-refractivity contribution in [1.82, 2.24) is 4.98 Å². The van der Waals surface area contributed by atoms with Crippen molar-refractivity contribution in [3.8, 4) is 5.75 Å². The first-order valence-electron chi connectivity index (χ1n) is 8.40. The number of anilines is 2. The predicted octanol–water partition coefficient (Wildman–Crippen LogP) is 3.88. The third-order valence-corrected chi connectivity index (χ3v) is 3.91. The number of para-hydroxylation sites is 1. The smallest absolute Gasteiger partial charge is 0.228 e. The van der Waals surface area contributed by atoms with Crippen molar-refractivity contribution in [2.24, 2.45) is 0 Å². The highest BCUT2D eigenvalue weighted by atomic mass is 16.5. The Kier molecular flexibility index (Phi) is 5.83. The minimum atomic E-state index is -0.0623. The van der Waals surface area contributed by atoms with Gasteiger partial charge in [0.2, 0.25) is 5.91 Å². The summed E-state index contributed by atoms with van der Waals surface area (Å²) in [5.41, 5.74) is 2.71. The van der Waals surface area contributed by atoms with Crippen LogP contribution in [0, 0.1) is 0 Å². The molecule has 0 atom stereocenters. The fourth-order valence-corrected chi connectivity index (χ4v) is 2.59. The Morgan fingerprint density at radius 2 is 1.77 bits per heavy atom. The molecule has 5 heteroatoms. The van der Waals surface area contributed by atoms with Gasteiger partial charge in [-0.25, -0.2) is 4.98 Å². The Bertz CT molecular complexity index is 849. The summed E-state index contributed by atoms with van der Waals surface area (Å²) in [5.74, 6) is 1.51. The van der Waals surface area contributed by atoms with Crippen LogP contribution in [0.3, 0.4) is 0 Å². The van der Waals surface area contributed by atoms with Gasteiger partial charge in [0.25, 0.3) is 0 Å². The number of methoxy groups -OCH3 is 1. The normalized spacial score (nSPS) is 10.2. The van der Waals surface area contributed by atoms with Gasteiger partial charge in [0.1, 0.15) is 11.6 Å². The minimum absolute atomic E-state index is 0.0623. The van der Waals surface area contributed by atoms with E-state index >= 15 is 0 Å². The number of pyridine rings is 1. The molecule has 0 fully saturated rings. The van der Waals surface area contributed by atoms with E-state index in [9.17, 15) is 4.79 Å². The summed E-state index contributed by atoms with van der Waals surface area (Å²) in [6.07, 6.45) is 1.99. The fourth-order valence-electron chi connectivity index (χ4n) is 2.59. The van der Waals surface area contributed by atoms with Crippen LogP contribution in [0.5, 0.6) is 5.75 Å². The van der Waals surface area contributed by atoms with Crippen molar-refractivity contribution in [2.45, 2.75) is 13.0 Å². The molecule has 1 amide bonds. The molecule has 0 unspecified atom stereocenters. The molecule has 0 aliphatic rings. The number of hydrogen-bond donors (Lipinski definition) is 2. The van der Waals surface area contributed by atoms with Crippen LogP contribution in [0.25, 0.3) is 0 Å². The first kappa shape index (κ1) is 17.5. The van der Waals surface area contributed by atoms with Crippen LogP contribution in [-0.4, -0.2) is 18.0 Å². The first-order chi connectivity index (χ1) is 12.7. The van der Waals surface area contributed by atoms with Crippen molar-refractivity contribution in [2.75, 3.05) is 17.7 Å². The SMILES string of the molecule is COc1ccccc1CNc1ccc(NC(=O)Cc2ccccc2)cn1. The zero-order valence-electron chi connectivity index (χ0n) is 14.6. The van der Waals surface area contributed by atoms with Crippen molar-refractivity contribution in [3.05, 3.63) is 84.1 Å². The number of aromatic nitrogens is 1. The first-order valence-corrected chi connectivity index (χ1v) is 8.40. The molecular weight excluding hydrogens is 326 g/mol. The van der Waals surface area contributed by atoms with E-state index < -0.39 is 0 Å². The zero-order chi connectivity index (χ0) is 18.2. The molecule has 0 bridgehead atoms. The second kappa shape index (κ2) is 8.67. The van der Waals surface area contributed by atoms with E-state index in [1.165, 1.54) is 0 Å². The van der Waals surface area contributed by atoms with Gasteiger partial charge >= 0.3 is 0 Å². The van der Waals surface area contributed by atoms with Gasteiger partial charge in [-0.3, -0.25) is 4.79 Å². The largest absolute Gasteiger partial charge is 0.496 e.